The largest absolute Gasteiger partial charge is 0.573 e. The highest BCUT2D eigenvalue weighted by Crippen LogP contribution is 2.25. The van der Waals surface area contributed by atoms with E-state index in [0.717, 1.165) is 39.7 Å². The first-order valence-electron chi connectivity index (χ1n) is 13.2. The van der Waals surface area contributed by atoms with Crippen LogP contribution >= 0.6 is 0 Å². The van der Waals surface area contributed by atoms with Crippen LogP contribution in [-0.4, -0.2) is 99.3 Å². The van der Waals surface area contributed by atoms with Crippen LogP contribution in [0.25, 0.3) is 0 Å². The molecule has 1 aliphatic rings. The average Bonchev–Trinajstić information content (AvgIpc) is 3.40. The summed E-state index contributed by atoms with van der Waals surface area (Å²) in [6.07, 6.45) is -5.35. The summed E-state index contributed by atoms with van der Waals surface area (Å²) in [5, 5.41) is 0. The third kappa shape index (κ3) is 9.93. The van der Waals surface area contributed by atoms with Crippen molar-refractivity contribution in [3.8, 4) is 5.75 Å². The Hall–Kier alpha value is -3.69. The fourth-order valence-electron chi connectivity index (χ4n) is 3.89. The van der Waals surface area contributed by atoms with Gasteiger partial charge in [-0.2, -0.15) is 4.31 Å². The molecule has 0 fully saturated rings. The summed E-state index contributed by atoms with van der Waals surface area (Å²) in [6.45, 7) is 6.12. The van der Waals surface area contributed by atoms with Crippen molar-refractivity contribution in [2.75, 3.05) is 46.9 Å². The molecule has 1 heterocycles. The van der Waals surface area contributed by atoms with E-state index in [1.807, 2.05) is 24.3 Å². The molecular weight excluding hydrogens is 593 g/mol. The fourth-order valence-corrected chi connectivity index (χ4v) is 5.04. The molecule has 0 bridgehead atoms. The van der Waals surface area contributed by atoms with Gasteiger partial charge >= 0.3 is 12.5 Å². The van der Waals surface area contributed by atoms with E-state index in [0.29, 0.717) is 18.9 Å². The molecule has 3 rings (SSSR count). The summed E-state index contributed by atoms with van der Waals surface area (Å²) in [5.41, 5.74) is 0.949. The van der Waals surface area contributed by atoms with E-state index in [1.165, 1.54) is 16.8 Å². The van der Waals surface area contributed by atoms with Crippen LogP contribution in [0.1, 0.15) is 31.9 Å². The number of alkyl halides is 3. The zero-order valence-corrected chi connectivity index (χ0v) is 25.4. The highest BCUT2D eigenvalue weighted by molar-refractivity contribution is 7.89. The van der Waals surface area contributed by atoms with Crippen LogP contribution in [0.3, 0.4) is 0 Å². The van der Waals surface area contributed by atoms with Gasteiger partial charge in [-0.25, -0.2) is 13.2 Å². The lowest BCUT2D eigenvalue weighted by Crippen LogP contribution is -2.39. The molecule has 43 heavy (non-hydrogen) atoms. The fraction of sp³-hybridized carbons (Fsp3) is 0.464. The Morgan fingerprint density at radius 1 is 1.00 bits per heavy atom. The zero-order valence-electron chi connectivity index (χ0n) is 24.6. The Morgan fingerprint density at radius 3 is 2.21 bits per heavy atom. The second kappa shape index (κ2) is 13.7. The van der Waals surface area contributed by atoms with E-state index >= 15 is 0 Å². The van der Waals surface area contributed by atoms with Crippen molar-refractivity contribution in [2.24, 2.45) is 4.99 Å². The number of amides is 2. The monoisotopic (exact) mass is 628 g/mol. The molecular formula is C28H35F3N4O7S. The van der Waals surface area contributed by atoms with Crippen LogP contribution in [-0.2, 0) is 30.8 Å². The maximum absolute atomic E-state index is 12.7. The lowest BCUT2D eigenvalue weighted by atomic mass is 10.1. The summed E-state index contributed by atoms with van der Waals surface area (Å²) >= 11 is 0. The van der Waals surface area contributed by atoms with Crippen molar-refractivity contribution < 1.29 is 45.4 Å². The van der Waals surface area contributed by atoms with Gasteiger partial charge in [0.1, 0.15) is 23.8 Å². The number of ether oxygens (including phenoxy) is 3. The average molecular weight is 629 g/mol. The van der Waals surface area contributed by atoms with Crippen molar-refractivity contribution in [1.29, 1.82) is 0 Å². The molecule has 0 aliphatic carbocycles. The van der Waals surface area contributed by atoms with Gasteiger partial charge in [0.25, 0.3) is 0 Å². The number of benzene rings is 2. The summed E-state index contributed by atoms with van der Waals surface area (Å²) in [4.78, 5) is 32.3. The molecule has 2 aromatic rings. The smallest absolute Gasteiger partial charge is 0.443 e. The maximum Gasteiger partial charge on any atom is 0.573 e. The molecule has 0 N–H and O–H groups in total. The lowest BCUT2D eigenvalue weighted by molar-refractivity contribution is -0.274. The first-order valence-corrected chi connectivity index (χ1v) is 14.7. The van der Waals surface area contributed by atoms with Crippen LogP contribution in [0.2, 0.25) is 0 Å². The third-order valence-electron chi connectivity index (χ3n) is 6.05. The molecule has 15 heteroatoms. The van der Waals surface area contributed by atoms with E-state index in [9.17, 15) is 31.2 Å². The molecule has 0 atom stereocenters. The molecule has 2 amide bonds. The van der Waals surface area contributed by atoms with E-state index in [4.69, 9.17) is 9.47 Å². The minimum atomic E-state index is -4.89. The number of amidine groups is 1. The highest BCUT2D eigenvalue weighted by atomic mass is 32.2. The lowest BCUT2D eigenvalue weighted by Gasteiger charge is -2.25. The molecule has 0 unspecified atom stereocenters. The molecule has 2 aromatic carbocycles. The molecule has 0 radical (unpaired) electrons. The van der Waals surface area contributed by atoms with Gasteiger partial charge in [-0.1, -0.05) is 24.3 Å². The van der Waals surface area contributed by atoms with Gasteiger partial charge in [0.05, 0.1) is 24.6 Å². The summed E-state index contributed by atoms with van der Waals surface area (Å²) in [7, 11) is -1.10. The Kier molecular flexibility index (Phi) is 10.8. The third-order valence-corrected chi connectivity index (χ3v) is 7.93. The minimum Gasteiger partial charge on any atom is -0.443 e. The van der Waals surface area contributed by atoms with Crippen LogP contribution in [0.15, 0.2) is 58.4 Å². The minimum absolute atomic E-state index is 0.0878. The Balaban J connectivity index is 1.45. The Labute approximate surface area is 248 Å². The summed E-state index contributed by atoms with van der Waals surface area (Å²) in [5.74, 6) is -0.340. The van der Waals surface area contributed by atoms with Crippen LogP contribution in [0.5, 0.6) is 5.75 Å². The number of carbonyl (C=O) groups excluding carboxylic acids is 2. The summed E-state index contributed by atoms with van der Waals surface area (Å²) < 4.78 is 77.9. The number of hydrogen-bond donors (Lipinski definition) is 0. The van der Waals surface area contributed by atoms with Gasteiger partial charge in [0.15, 0.2) is 0 Å². The predicted octanol–water partition coefficient (Wildman–Crippen LogP) is 3.88. The van der Waals surface area contributed by atoms with Gasteiger partial charge in [-0.15, -0.1) is 13.2 Å². The van der Waals surface area contributed by atoms with Gasteiger partial charge in [-0.3, -0.25) is 14.7 Å². The van der Waals surface area contributed by atoms with Crippen molar-refractivity contribution in [3.05, 3.63) is 59.7 Å². The number of likely N-dealkylation sites (N-methyl/N-ethyl adjacent to an activating group) is 2. The SMILES string of the molecule is CN(Cc1ccc(C2=NCCN2C(=O)OC(C)(C)C)cc1)C(=O)COCCN(C)S(=O)(=O)c1ccc(OC(F)(F)F)cc1. The van der Waals surface area contributed by atoms with E-state index < -0.39 is 33.8 Å². The number of sulfonamides is 1. The van der Waals surface area contributed by atoms with E-state index in [2.05, 4.69) is 9.73 Å². The summed E-state index contributed by atoms with van der Waals surface area (Å²) in [6, 6.07) is 11.1. The Bertz CT molecular complexity index is 1410. The van der Waals surface area contributed by atoms with Gasteiger partial charge in [0.2, 0.25) is 15.9 Å². The molecule has 1 aliphatic heterocycles. The number of hydrogen-bond acceptors (Lipinski definition) is 8. The van der Waals surface area contributed by atoms with Crippen LogP contribution < -0.4 is 4.74 Å². The first kappa shape index (κ1) is 33.8. The number of carbonyl (C=O) groups is 2. The molecule has 0 saturated heterocycles. The van der Waals surface area contributed by atoms with Crippen LogP contribution in [0, 0.1) is 0 Å². The molecule has 0 saturated carbocycles. The number of rotatable bonds is 11. The van der Waals surface area contributed by atoms with Crippen molar-refractivity contribution in [2.45, 2.75) is 44.2 Å². The van der Waals surface area contributed by atoms with Crippen molar-refractivity contribution in [3.63, 3.8) is 0 Å². The predicted molar refractivity (Wildman–Crippen MR) is 151 cm³/mol. The maximum atomic E-state index is 12.7. The van der Waals surface area contributed by atoms with Gasteiger partial charge < -0.3 is 19.1 Å². The normalized spacial score (nSPS) is 14.1. The van der Waals surface area contributed by atoms with Gasteiger partial charge in [-0.05, 0) is 50.6 Å². The Morgan fingerprint density at radius 2 is 1.63 bits per heavy atom. The molecule has 11 nitrogen and oxygen atoms in total. The second-order valence-electron chi connectivity index (χ2n) is 10.7. The number of nitrogens with zero attached hydrogens (tertiary/aromatic N) is 4. The van der Waals surface area contributed by atoms with Crippen molar-refractivity contribution in [1.82, 2.24) is 14.1 Å². The van der Waals surface area contributed by atoms with Gasteiger partial charge in [0, 0.05) is 32.7 Å². The van der Waals surface area contributed by atoms with E-state index in [1.54, 1.807) is 27.8 Å². The standard InChI is InChI=1S/C28H35F3N4O7S/c1-27(2,3)42-26(37)35-15-14-32-25(35)21-8-6-20(7-9-21)18-33(4)24(36)19-40-17-16-34(5)43(38,39)23-12-10-22(11-13-23)41-28(29,30)31/h6-13H,14-19H2,1-5H3. The number of aliphatic imine (C=N–C) groups is 1. The molecule has 0 spiro atoms. The van der Waals surface area contributed by atoms with Crippen molar-refractivity contribution >= 4 is 27.9 Å². The first-order chi connectivity index (χ1) is 20.0. The molecule has 0 aromatic heterocycles. The zero-order chi connectivity index (χ0) is 32.0. The van der Waals surface area contributed by atoms with Crippen LogP contribution in [0.4, 0.5) is 18.0 Å². The number of halogens is 3. The molecule has 236 valence electrons. The topological polar surface area (TPSA) is 118 Å². The quantitative estimate of drug-likeness (QED) is 0.347. The highest BCUT2D eigenvalue weighted by Gasteiger charge is 2.32. The van der Waals surface area contributed by atoms with E-state index in [-0.39, 0.29) is 37.1 Å². The second-order valence-corrected chi connectivity index (χ2v) is 12.7.